The van der Waals surface area contributed by atoms with Gasteiger partial charge in [-0.3, -0.25) is 0 Å². The zero-order valence-corrected chi connectivity index (χ0v) is 8.49. The summed E-state index contributed by atoms with van der Waals surface area (Å²) in [6.07, 6.45) is 0.671. The lowest BCUT2D eigenvalue weighted by molar-refractivity contribution is 0.133. The molecule has 0 rings (SSSR count). The molecule has 0 aromatic heterocycles. The molecule has 2 atom stereocenters. The molecule has 0 aromatic rings. The summed E-state index contributed by atoms with van der Waals surface area (Å²) >= 11 is 0. The zero-order valence-electron chi connectivity index (χ0n) is 8.49. The van der Waals surface area contributed by atoms with Gasteiger partial charge in [-0.25, -0.2) is 0 Å². The van der Waals surface area contributed by atoms with Crippen molar-refractivity contribution in [2.45, 2.75) is 58.8 Å². The zero-order chi connectivity index (χ0) is 10.1. The molecular weight excluding hydrogens is 156 g/mol. The smallest absolute Gasteiger partial charge is 0.0513 e. The van der Waals surface area contributed by atoms with Gasteiger partial charge in [0.25, 0.3) is 0 Å². The lowest BCUT2D eigenvalue weighted by Crippen LogP contribution is -2.06. The van der Waals surface area contributed by atoms with E-state index in [1.165, 1.54) is 0 Å². The van der Waals surface area contributed by atoms with Crippen LogP contribution >= 0.6 is 0 Å². The Morgan fingerprint density at radius 2 is 0.917 bits per heavy atom. The Hall–Kier alpha value is -0.120. The largest absolute Gasteiger partial charge is 0.394 e. The molecular formula is C9H22O3. The average molecular weight is 178 g/mol. The molecule has 0 heterocycles. The van der Waals surface area contributed by atoms with Gasteiger partial charge in [-0.1, -0.05) is 0 Å². The molecule has 3 nitrogen and oxygen atoms in total. The van der Waals surface area contributed by atoms with Crippen LogP contribution in [0, 0.1) is 0 Å². The molecule has 0 bridgehead atoms. The normalized spacial score (nSPS) is 15.0. The van der Waals surface area contributed by atoms with Crippen molar-refractivity contribution in [3.8, 4) is 0 Å². The van der Waals surface area contributed by atoms with Gasteiger partial charge in [0, 0.05) is 6.10 Å². The summed E-state index contributed by atoms with van der Waals surface area (Å²) in [4.78, 5) is 0. The monoisotopic (exact) mass is 178 g/mol. The van der Waals surface area contributed by atoms with Crippen LogP contribution in [-0.2, 0) is 0 Å². The van der Waals surface area contributed by atoms with Gasteiger partial charge in [0.1, 0.15) is 0 Å². The molecule has 0 fully saturated rings. The summed E-state index contributed by atoms with van der Waals surface area (Å²) in [6, 6.07) is 0. The molecule has 0 amide bonds. The second-order valence-corrected chi connectivity index (χ2v) is 3.37. The Morgan fingerprint density at radius 1 is 0.750 bits per heavy atom. The summed E-state index contributed by atoms with van der Waals surface area (Å²) < 4.78 is 0. The van der Waals surface area contributed by atoms with Crippen molar-refractivity contribution in [1.82, 2.24) is 0 Å². The second-order valence-electron chi connectivity index (χ2n) is 3.37. The van der Waals surface area contributed by atoms with Crippen LogP contribution in [0.1, 0.15) is 40.5 Å². The van der Waals surface area contributed by atoms with E-state index in [1.807, 2.05) is 0 Å². The van der Waals surface area contributed by atoms with Gasteiger partial charge >= 0.3 is 0 Å². The molecule has 0 aliphatic heterocycles. The molecule has 76 valence electrons. The predicted octanol–water partition coefficient (Wildman–Crippen LogP) is 0.915. The third kappa shape index (κ3) is 32.7. The number of aliphatic hydroxyl groups excluding tert-OH is 3. The summed E-state index contributed by atoms with van der Waals surface area (Å²) in [5.74, 6) is 0. The summed E-state index contributed by atoms with van der Waals surface area (Å²) in [5.41, 5.74) is 0. The highest BCUT2D eigenvalue weighted by Gasteiger charge is 1.98. The van der Waals surface area contributed by atoms with Crippen LogP contribution in [0.3, 0.4) is 0 Å². The molecule has 0 radical (unpaired) electrons. The Labute approximate surface area is 75.0 Å². The topological polar surface area (TPSA) is 60.7 Å². The quantitative estimate of drug-likeness (QED) is 0.602. The minimum atomic E-state index is -0.274. The van der Waals surface area contributed by atoms with Crippen molar-refractivity contribution in [3.63, 3.8) is 0 Å². The minimum Gasteiger partial charge on any atom is -0.394 e. The lowest BCUT2D eigenvalue weighted by Gasteiger charge is -2.04. The van der Waals surface area contributed by atoms with E-state index in [-0.39, 0.29) is 18.3 Å². The Balaban J connectivity index is 0. The van der Waals surface area contributed by atoms with E-state index in [9.17, 15) is 0 Å². The fraction of sp³-hybridized carbons (Fsp3) is 1.00. The minimum absolute atomic E-state index is 0.167. The van der Waals surface area contributed by atoms with Gasteiger partial charge < -0.3 is 15.3 Å². The predicted molar refractivity (Wildman–Crippen MR) is 50.0 cm³/mol. The highest BCUT2D eigenvalue weighted by Crippen LogP contribution is 1.98. The summed E-state index contributed by atoms with van der Waals surface area (Å²) in [6.45, 7) is 6.89. The molecule has 0 aliphatic rings. The molecule has 2 unspecified atom stereocenters. The van der Waals surface area contributed by atoms with Crippen molar-refractivity contribution in [2.24, 2.45) is 0 Å². The first-order chi connectivity index (χ1) is 5.36. The van der Waals surface area contributed by atoms with E-state index in [0.717, 1.165) is 0 Å². The van der Waals surface area contributed by atoms with Crippen LogP contribution in [0.4, 0.5) is 0 Å². The number of aliphatic hydroxyl groups is 3. The molecule has 3 heteroatoms. The second kappa shape index (κ2) is 8.97. The molecule has 0 aliphatic carbocycles. The fourth-order valence-electron chi connectivity index (χ4n) is 0.482. The first-order valence-corrected chi connectivity index (χ1v) is 4.40. The van der Waals surface area contributed by atoms with Gasteiger partial charge in [0.2, 0.25) is 0 Å². The summed E-state index contributed by atoms with van der Waals surface area (Å²) in [7, 11) is 0. The van der Waals surface area contributed by atoms with E-state index in [2.05, 4.69) is 0 Å². The summed E-state index contributed by atoms with van der Waals surface area (Å²) in [5, 5.41) is 25.4. The van der Waals surface area contributed by atoms with Crippen molar-refractivity contribution in [2.75, 3.05) is 0 Å². The highest BCUT2D eigenvalue weighted by atomic mass is 16.3. The standard InChI is InChI=1S/C6H14O2.C3H8O/c1-5(7)3-4-6(2)8;1-3(2)4/h5-8H,3-4H2,1-2H3;3-4H,1-2H3. The molecule has 0 saturated carbocycles. The van der Waals surface area contributed by atoms with Crippen molar-refractivity contribution in [1.29, 1.82) is 0 Å². The van der Waals surface area contributed by atoms with Crippen LogP contribution < -0.4 is 0 Å². The van der Waals surface area contributed by atoms with Gasteiger partial charge in [-0.2, -0.15) is 0 Å². The Morgan fingerprint density at radius 3 is 1.00 bits per heavy atom. The average Bonchev–Trinajstić information content (AvgIpc) is 1.82. The van der Waals surface area contributed by atoms with E-state index in [4.69, 9.17) is 15.3 Å². The van der Waals surface area contributed by atoms with Crippen LogP contribution in [0.2, 0.25) is 0 Å². The van der Waals surface area contributed by atoms with Crippen LogP contribution in [0.25, 0.3) is 0 Å². The van der Waals surface area contributed by atoms with Crippen molar-refractivity contribution < 1.29 is 15.3 Å². The van der Waals surface area contributed by atoms with Crippen LogP contribution in [0.5, 0.6) is 0 Å². The first-order valence-electron chi connectivity index (χ1n) is 4.40. The highest BCUT2D eigenvalue weighted by molar-refractivity contribution is 4.51. The SMILES string of the molecule is CC(C)O.CC(O)CCC(C)O. The van der Waals surface area contributed by atoms with Crippen molar-refractivity contribution >= 4 is 0 Å². The van der Waals surface area contributed by atoms with Gasteiger partial charge in [-0.15, -0.1) is 0 Å². The maximum Gasteiger partial charge on any atom is 0.0513 e. The number of hydrogen-bond donors (Lipinski definition) is 3. The van der Waals surface area contributed by atoms with Gasteiger partial charge in [-0.05, 0) is 40.5 Å². The molecule has 0 spiro atoms. The van der Waals surface area contributed by atoms with Crippen molar-refractivity contribution in [3.05, 3.63) is 0 Å². The van der Waals surface area contributed by atoms with Crippen LogP contribution in [-0.4, -0.2) is 33.6 Å². The third-order valence-corrected chi connectivity index (χ3v) is 1.00. The maximum absolute atomic E-state index is 8.69. The Kier molecular flexibility index (Phi) is 10.8. The third-order valence-electron chi connectivity index (χ3n) is 1.00. The van der Waals surface area contributed by atoms with E-state index in [0.29, 0.717) is 12.8 Å². The molecule has 12 heavy (non-hydrogen) atoms. The lowest BCUT2D eigenvalue weighted by atomic mass is 10.1. The Bertz CT molecular complexity index is 69.1. The molecule has 0 aromatic carbocycles. The number of hydrogen-bond acceptors (Lipinski definition) is 3. The van der Waals surface area contributed by atoms with Crippen LogP contribution in [0.15, 0.2) is 0 Å². The number of rotatable bonds is 3. The molecule has 0 saturated heterocycles. The van der Waals surface area contributed by atoms with E-state index in [1.54, 1.807) is 27.7 Å². The maximum atomic E-state index is 8.69. The van der Waals surface area contributed by atoms with Gasteiger partial charge in [0.05, 0.1) is 12.2 Å². The molecule has 3 N–H and O–H groups in total. The van der Waals surface area contributed by atoms with E-state index >= 15 is 0 Å². The van der Waals surface area contributed by atoms with Gasteiger partial charge in [0.15, 0.2) is 0 Å². The fourth-order valence-corrected chi connectivity index (χ4v) is 0.482. The van der Waals surface area contributed by atoms with E-state index < -0.39 is 0 Å². The first kappa shape index (κ1) is 14.4.